The van der Waals surface area contributed by atoms with E-state index in [4.69, 9.17) is 9.26 Å². The average Bonchev–Trinajstić information content (AvgIpc) is 3.09. The Morgan fingerprint density at radius 2 is 2.20 bits per heavy atom. The van der Waals surface area contributed by atoms with Gasteiger partial charge in [-0.2, -0.15) is 4.98 Å². The Balaban J connectivity index is 1.79. The zero-order valence-electron chi connectivity index (χ0n) is 12.0. The molecule has 1 aliphatic heterocycles. The van der Waals surface area contributed by atoms with Crippen LogP contribution in [0.5, 0.6) is 0 Å². The third-order valence-corrected chi connectivity index (χ3v) is 4.34. The molecule has 20 heavy (non-hydrogen) atoms. The second-order valence-corrected chi connectivity index (χ2v) is 5.79. The molecule has 2 N–H and O–H groups in total. The molecule has 6 heteroatoms. The van der Waals surface area contributed by atoms with Crippen LogP contribution < -0.4 is 5.32 Å². The Labute approximate surface area is 118 Å². The summed E-state index contributed by atoms with van der Waals surface area (Å²) in [4.78, 5) is 4.56. The molecule has 2 unspecified atom stereocenters. The SMILES string of the molecule is CCOC1(c2noc(C3CC(O)CN3)n2)CCCCC1. The van der Waals surface area contributed by atoms with Gasteiger partial charge in [-0.1, -0.05) is 24.4 Å². The molecule has 2 atom stereocenters. The van der Waals surface area contributed by atoms with Gasteiger partial charge in [0.05, 0.1) is 12.1 Å². The molecule has 1 aliphatic carbocycles. The summed E-state index contributed by atoms with van der Waals surface area (Å²) < 4.78 is 11.4. The van der Waals surface area contributed by atoms with Crippen molar-refractivity contribution < 1.29 is 14.4 Å². The molecule has 2 heterocycles. The number of nitrogens with one attached hydrogen (secondary N) is 1. The van der Waals surface area contributed by atoms with E-state index in [-0.39, 0.29) is 17.7 Å². The quantitative estimate of drug-likeness (QED) is 0.873. The minimum absolute atomic E-state index is 0.0338. The van der Waals surface area contributed by atoms with Crippen molar-refractivity contribution in [1.82, 2.24) is 15.5 Å². The highest BCUT2D eigenvalue weighted by Gasteiger charge is 2.40. The van der Waals surface area contributed by atoms with Crippen LogP contribution in [0.25, 0.3) is 0 Å². The third-order valence-electron chi connectivity index (χ3n) is 4.34. The lowest BCUT2D eigenvalue weighted by Gasteiger charge is -2.33. The number of hydrogen-bond acceptors (Lipinski definition) is 6. The molecule has 1 saturated carbocycles. The standard InChI is InChI=1S/C14H23N3O3/c1-2-19-14(6-4-3-5-7-14)13-16-12(20-17-13)11-8-10(18)9-15-11/h10-11,15,18H,2-9H2,1H3. The van der Waals surface area contributed by atoms with E-state index in [1.165, 1.54) is 6.42 Å². The summed E-state index contributed by atoms with van der Waals surface area (Å²) >= 11 is 0. The fourth-order valence-electron chi connectivity index (χ4n) is 3.30. The van der Waals surface area contributed by atoms with E-state index in [1.807, 2.05) is 6.92 Å². The number of β-amino-alcohol motifs (C(OH)–C–C–N with tert-alkyl or cyclic N) is 1. The van der Waals surface area contributed by atoms with Gasteiger partial charge in [0, 0.05) is 13.2 Å². The van der Waals surface area contributed by atoms with E-state index >= 15 is 0 Å². The molecule has 0 radical (unpaired) electrons. The molecule has 2 aliphatic rings. The lowest BCUT2D eigenvalue weighted by atomic mass is 9.84. The smallest absolute Gasteiger partial charge is 0.243 e. The summed E-state index contributed by atoms with van der Waals surface area (Å²) in [6.45, 7) is 3.25. The average molecular weight is 281 g/mol. The molecular weight excluding hydrogens is 258 g/mol. The Bertz CT molecular complexity index is 437. The molecule has 0 amide bonds. The molecule has 6 nitrogen and oxygen atoms in total. The van der Waals surface area contributed by atoms with Gasteiger partial charge >= 0.3 is 0 Å². The number of hydrogen-bond donors (Lipinski definition) is 2. The molecule has 1 aromatic rings. The maximum absolute atomic E-state index is 9.57. The van der Waals surface area contributed by atoms with Crippen LogP contribution in [0.4, 0.5) is 0 Å². The molecule has 112 valence electrons. The lowest BCUT2D eigenvalue weighted by molar-refractivity contribution is -0.0777. The first kappa shape index (κ1) is 14.0. The number of rotatable bonds is 4. The van der Waals surface area contributed by atoms with Crippen LogP contribution in [0.15, 0.2) is 4.52 Å². The van der Waals surface area contributed by atoms with Crippen LogP contribution in [0, 0.1) is 0 Å². The van der Waals surface area contributed by atoms with Crippen molar-refractivity contribution in [2.24, 2.45) is 0 Å². The fraction of sp³-hybridized carbons (Fsp3) is 0.857. The Morgan fingerprint density at radius 1 is 1.40 bits per heavy atom. The molecule has 1 saturated heterocycles. The van der Waals surface area contributed by atoms with E-state index in [9.17, 15) is 5.11 Å². The predicted octanol–water partition coefficient (Wildman–Crippen LogP) is 1.66. The largest absolute Gasteiger partial charge is 0.392 e. The number of ether oxygens (including phenoxy) is 1. The van der Waals surface area contributed by atoms with Crippen molar-refractivity contribution >= 4 is 0 Å². The van der Waals surface area contributed by atoms with Crippen LogP contribution in [-0.2, 0) is 10.3 Å². The van der Waals surface area contributed by atoms with Gasteiger partial charge in [0.25, 0.3) is 0 Å². The van der Waals surface area contributed by atoms with Gasteiger partial charge in [0.15, 0.2) is 0 Å². The molecular formula is C14H23N3O3. The van der Waals surface area contributed by atoms with Crippen LogP contribution in [0.2, 0.25) is 0 Å². The highest BCUT2D eigenvalue weighted by atomic mass is 16.5. The summed E-state index contributed by atoms with van der Waals surface area (Å²) in [5.41, 5.74) is -0.369. The fourth-order valence-corrected chi connectivity index (χ4v) is 3.30. The number of aromatic nitrogens is 2. The first-order valence-corrected chi connectivity index (χ1v) is 7.63. The van der Waals surface area contributed by atoms with E-state index in [2.05, 4.69) is 15.5 Å². The summed E-state index contributed by atoms with van der Waals surface area (Å²) in [6.07, 6.45) is 5.75. The number of aliphatic hydroxyl groups excluding tert-OH is 1. The zero-order chi connectivity index (χ0) is 14.0. The van der Waals surface area contributed by atoms with E-state index in [0.717, 1.165) is 25.7 Å². The van der Waals surface area contributed by atoms with Crippen molar-refractivity contribution in [3.05, 3.63) is 11.7 Å². The van der Waals surface area contributed by atoms with Crippen LogP contribution in [0.1, 0.15) is 63.2 Å². The summed E-state index contributed by atoms with van der Waals surface area (Å²) in [7, 11) is 0. The molecule has 0 aromatic carbocycles. The Kier molecular flexibility index (Phi) is 4.05. The van der Waals surface area contributed by atoms with Crippen molar-refractivity contribution in [2.45, 2.75) is 63.2 Å². The van der Waals surface area contributed by atoms with Gasteiger partial charge in [0.1, 0.15) is 5.60 Å². The normalized spacial score (nSPS) is 29.7. The minimum atomic E-state index is -0.369. The second kappa shape index (κ2) is 5.79. The molecule has 0 bridgehead atoms. The van der Waals surface area contributed by atoms with Gasteiger partial charge in [-0.25, -0.2) is 0 Å². The van der Waals surface area contributed by atoms with Crippen LogP contribution in [0.3, 0.4) is 0 Å². The minimum Gasteiger partial charge on any atom is -0.392 e. The van der Waals surface area contributed by atoms with Gasteiger partial charge in [0.2, 0.25) is 11.7 Å². The Hall–Kier alpha value is -0.980. The van der Waals surface area contributed by atoms with E-state index < -0.39 is 0 Å². The summed E-state index contributed by atoms with van der Waals surface area (Å²) in [5, 5.41) is 16.9. The van der Waals surface area contributed by atoms with Gasteiger partial charge < -0.3 is 19.7 Å². The third kappa shape index (κ3) is 2.60. The Morgan fingerprint density at radius 3 is 2.85 bits per heavy atom. The first-order chi connectivity index (χ1) is 9.73. The summed E-state index contributed by atoms with van der Waals surface area (Å²) in [5.74, 6) is 1.25. The van der Waals surface area contributed by atoms with Gasteiger partial charge in [-0.3, -0.25) is 0 Å². The summed E-state index contributed by atoms with van der Waals surface area (Å²) in [6, 6.07) is -0.0338. The van der Waals surface area contributed by atoms with Crippen LogP contribution >= 0.6 is 0 Å². The highest BCUT2D eigenvalue weighted by molar-refractivity contribution is 5.06. The van der Waals surface area contributed by atoms with Gasteiger partial charge in [-0.05, 0) is 26.2 Å². The zero-order valence-corrected chi connectivity index (χ0v) is 12.0. The molecule has 3 rings (SSSR count). The van der Waals surface area contributed by atoms with Crippen molar-refractivity contribution in [2.75, 3.05) is 13.2 Å². The number of nitrogens with zero attached hydrogens (tertiary/aromatic N) is 2. The van der Waals surface area contributed by atoms with Gasteiger partial charge in [-0.15, -0.1) is 0 Å². The molecule has 2 fully saturated rings. The second-order valence-electron chi connectivity index (χ2n) is 5.79. The van der Waals surface area contributed by atoms with E-state index in [1.54, 1.807) is 0 Å². The monoisotopic (exact) mass is 281 g/mol. The van der Waals surface area contributed by atoms with Crippen molar-refractivity contribution in [3.63, 3.8) is 0 Å². The van der Waals surface area contributed by atoms with Crippen molar-refractivity contribution in [3.8, 4) is 0 Å². The number of aliphatic hydroxyl groups is 1. The van der Waals surface area contributed by atoms with Crippen molar-refractivity contribution in [1.29, 1.82) is 0 Å². The first-order valence-electron chi connectivity index (χ1n) is 7.63. The lowest BCUT2D eigenvalue weighted by Crippen LogP contribution is -2.33. The molecule has 0 spiro atoms. The predicted molar refractivity (Wildman–Crippen MR) is 72.1 cm³/mol. The maximum atomic E-state index is 9.57. The van der Waals surface area contributed by atoms with Crippen LogP contribution in [-0.4, -0.2) is 34.5 Å². The molecule has 1 aromatic heterocycles. The van der Waals surface area contributed by atoms with E-state index in [0.29, 0.717) is 31.3 Å². The topological polar surface area (TPSA) is 80.4 Å². The highest BCUT2D eigenvalue weighted by Crippen LogP contribution is 2.39. The maximum Gasteiger partial charge on any atom is 0.243 e.